The Hall–Kier alpha value is -3.28. The van der Waals surface area contributed by atoms with E-state index < -0.39 is 22.0 Å². The number of nitrogens with zero attached hydrogens (tertiary/aromatic N) is 2. The first-order valence-corrected chi connectivity index (χ1v) is 16.4. The van der Waals surface area contributed by atoms with E-state index in [0.29, 0.717) is 30.0 Å². The number of hydrogen-bond donors (Lipinski definition) is 2. The number of carboxylic acids is 1. The van der Waals surface area contributed by atoms with E-state index >= 15 is 0 Å². The molecule has 11 heteroatoms. The molecule has 0 spiro atoms. The van der Waals surface area contributed by atoms with Gasteiger partial charge in [-0.3, -0.25) is 9.52 Å². The lowest BCUT2D eigenvalue weighted by Gasteiger charge is -2.32. The molecule has 0 fully saturated rings. The Bertz CT molecular complexity index is 1500. The number of rotatable bonds is 15. The van der Waals surface area contributed by atoms with Gasteiger partial charge >= 0.3 is 5.97 Å². The fraction of sp³-hybridized carbons (Fsp3) is 0.452. The van der Waals surface area contributed by atoms with E-state index in [1.54, 1.807) is 38.1 Å². The first-order valence-electron chi connectivity index (χ1n) is 14.2. The van der Waals surface area contributed by atoms with Crippen LogP contribution in [-0.4, -0.2) is 47.3 Å². The minimum absolute atomic E-state index is 0.0997. The summed E-state index contributed by atoms with van der Waals surface area (Å²) in [5, 5.41) is 9.98. The molecule has 1 heterocycles. The van der Waals surface area contributed by atoms with E-state index in [0.717, 1.165) is 28.0 Å². The van der Waals surface area contributed by atoms with Crippen LogP contribution in [0.15, 0.2) is 47.4 Å². The fourth-order valence-electron chi connectivity index (χ4n) is 4.75. The molecule has 2 aromatic carbocycles. The van der Waals surface area contributed by atoms with Crippen LogP contribution in [-0.2, 0) is 37.5 Å². The third-order valence-corrected chi connectivity index (χ3v) is 9.38. The molecule has 3 aromatic rings. The third-order valence-electron chi connectivity index (χ3n) is 7.12. The molecule has 0 aliphatic carbocycles. The highest BCUT2D eigenvalue weighted by Gasteiger charge is 2.32. The quantitative estimate of drug-likeness (QED) is 0.203. The maximum atomic E-state index is 13.6. The molecule has 1 unspecified atom stereocenters. The maximum absolute atomic E-state index is 13.6. The highest BCUT2D eigenvalue weighted by Crippen LogP contribution is 2.33. The highest BCUT2D eigenvalue weighted by atomic mass is 32.2. The Morgan fingerprint density at radius 1 is 1.10 bits per heavy atom. The average Bonchev–Trinajstić information content (AvgIpc) is 3.25. The number of sulfonamides is 1. The second kappa shape index (κ2) is 14.8. The number of carbonyl (C=O) groups is 2. The number of aryl methyl sites for hydroxylation is 1. The normalized spacial score (nSPS) is 12.4. The smallest absolute Gasteiger partial charge is 0.326 e. The Morgan fingerprint density at radius 2 is 1.81 bits per heavy atom. The van der Waals surface area contributed by atoms with Gasteiger partial charge in [-0.15, -0.1) is 0 Å². The summed E-state index contributed by atoms with van der Waals surface area (Å²) in [5.41, 5.74) is 3.41. The molecule has 0 saturated carbocycles. The molecule has 1 aromatic heterocycles. The van der Waals surface area contributed by atoms with Crippen molar-refractivity contribution in [2.24, 2.45) is 5.92 Å². The molecule has 0 saturated heterocycles. The Balaban J connectivity index is 2.07. The molecule has 0 aliphatic heterocycles. The molecule has 0 radical (unpaired) electrons. The fourth-order valence-corrected chi connectivity index (χ4v) is 6.74. The van der Waals surface area contributed by atoms with Crippen LogP contribution in [0.1, 0.15) is 68.5 Å². The van der Waals surface area contributed by atoms with Gasteiger partial charge in [-0.05, 0) is 67.4 Å². The van der Waals surface area contributed by atoms with Crippen molar-refractivity contribution in [2.75, 3.05) is 11.3 Å². The zero-order chi connectivity index (χ0) is 31.0. The first-order chi connectivity index (χ1) is 19.9. The standard InChI is InChI=1S/C31H41N3O6S2/c1-7-9-14-28(35)34(29(20(3)4)31(36)37)18-23-15-16-25(24(17-23)19-40-8-2)26-12-10-11-13-27(26)42(38,39)33-30-21(5)22(6)41-32-30/h10-13,15-17,20,29H,7-9,14,18-19H2,1-6H3,(H,32,33)(H,36,37). The largest absolute Gasteiger partial charge is 0.480 e. The first kappa shape index (κ1) is 33.2. The van der Waals surface area contributed by atoms with Crippen LogP contribution in [0.5, 0.6) is 0 Å². The zero-order valence-electron chi connectivity index (χ0n) is 25.1. The van der Waals surface area contributed by atoms with Crippen molar-refractivity contribution >= 4 is 39.3 Å². The third kappa shape index (κ3) is 7.96. The summed E-state index contributed by atoms with van der Waals surface area (Å²) in [6.07, 6.45) is 1.77. The van der Waals surface area contributed by atoms with Gasteiger partial charge in [0, 0.05) is 35.6 Å². The van der Waals surface area contributed by atoms with Crippen molar-refractivity contribution in [3.63, 3.8) is 0 Å². The molecular weight excluding hydrogens is 574 g/mol. The van der Waals surface area contributed by atoms with Crippen molar-refractivity contribution in [3.05, 3.63) is 64.0 Å². The summed E-state index contributed by atoms with van der Waals surface area (Å²) < 4.78 is 39.8. The van der Waals surface area contributed by atoms with Crippen LogP contribution in [0.25, 0.3) is 11.1 Å². The molecule has 0 bridgehead atoms. The molecule has 1 atom stereocenters. The van der Waals surface area contributed by atoms with E-state index in [2.05, 4.69) is 9.10 Å². The summed E-state index contributed by atoms with van der Waals surface area (Å²) in [4.78, 5) is 27.9. The van der Waals surface area contributed by atoms with E-state index in [1.807, 2.05) is 45.9 Å². The Morgan fingerprint density at radius 3 is 2.40 bits per heavy atom. The molecular formula is C31H41N3O6S2. The number of unbranched alkanes of at least 4 members (excludes halogenated alkanes) is 1. The lowest BCUT2D eigenvalue weighted by Crippen LogP contribution is -2.47. The van der Waals surface area contributed by atoms with Crippen LogP contribution in [0.3, 0.4) is 0 Å². The number of aromatic nitrogens is 1. The molecule has 9 nitrogen and oxygen atoms in total. The van der Waals surface area contributed by atoms with Gasteiger partial charge in [0.25, 0.3) is 10.0 Å². The molecule has 0 aliphatic rings. The molecule has 228 valence electrons. The Labute approximate surface area is 253 Å². The van der Waals surface area contributed by atoms with E-state index in [-0.39, 0.29) is 36.3 Å². The van der Waals surface area contributed by atoms with Gasteiger partial charge in [0.2, 0.25) is 5.91 Å². The van der Waals surface area contributed by atoms with Crippen molar-refractivity contribution in [3.8, 4) is 11.1 Å². The number of carboxylic acid groups (broad SMARTS) is 1. The minimum atomic E-state index is -3.98. The lowest BCUT2D eigenvalue weighted by molar-refractivity contribution is -0.153. The summed E-state index contributed by atoms with van der Waals surface area (Å²) >= 11 is 1.24. The number of benzene rings is 2. The Kier molecular flexibility index (Phi) is 11.7. The number of amides is 1. The van der Waals surface area contributed by atoms with E-state index in [1.165, 1.54) is 16.4 Å². The van der Waals surface area contributed by atoms with Crippen LogP contribution in [0, 0.1) is 19.8 Å². The SMILES string of the molecule is CCCCC(=O)N(Cc1ccc(-c2ccccc2S(=O)(=O)Nc2nsc(C)c2C)c(COCC)c1)C(C(=O)O)C(C)C. The number of hydrogen-bond acceptors (Lipinski definition) is 7. The molecule has 42 heavy (non-hydrogen) atoms. The second-order valence-corrected chi connectivity index (χ2v) is 13.2. The van der Waals surface area contributed by atoms with Gasteiger partial charge in [0.1, 0.15) is 6.04 Å². The number of aliphatic carboxylic acids is 1. The van der Waals surface area contributed by atoms with Crippen molar-refractivity contribution in [2.45, 2.75) is 84.9 Å². The molecule has 2 N–H and O–H groups in total. The maximum Gasteiger partial charge on any atom is 0.326 e. The van der Waals surface area contributed by atoms with Crippen LogP contribution >= 0.6 is 11.5 Å². The summed E-state index contributed by atoms with van der Waals surface area (Å²) in [6.45, 7) is 11.9. The number of ether oxygens (including phenoxy) is 1. The summed E-state index contributed by atoms with van der Waals surface area (Å²) in [7, 11) is -3.98. The van der Waals surface area contributed by atoms with Crippen molar-refractivity contribution in [1.82, 2.24) is 9.27 Å². The van der Waals surface area contributed by atoms with Gasteiger partial charge in [-0.2, -0.15) is 4.37 Å². The average molecular weight is 616 g/mol. The predicted octanol–water partition coefficient (Wildman–Crippen LogP) is 6.39. The van der Waals surface area contributed by atoms with Gasteiger partial charge in [-0.1, -0.05) is 63.6 Å². The lowest BCUT2D eigenvalue weighted by atomic mass is 9.96. The van der Waals surface area contributed by atoms with Crippen LogP contribution < -0.4 is 4.72 Å². The van der Waals surface area contributed by atoms with Gasteiger partial charge in [0.15, 0.2) is 5.82 Å². The van der Waals surface area contributed by atoms with Gasteiger partial charge in [-0.25, -0.2) is 13.2 Å². The van der Waals surface area contributed by atoms with E-state index in [9.17, 15) is 23.1 Å². The number of nitrogens with one attached hydrogen (secondary N) is 1. The van der Waals surface area contributed by atoms with E-state index in [4.69, 9.17) is 4.74 Å². The zero-order valence-corrected chi connectivity index (χ0v) is 26.8. The van der Waals surface area contributed by atoms with Gasteiger partial charge in [0.05, 0.1) is 11.5 Å². The molecule has 1 amide bonds. The van der Waals surface area contributed by atoms with Crippen molar-refractivity contribution < 1.29 is 27.9 Å². The highest BCUT2D eigenvalue weighted by molar-refractivity contribution is 7.92. The minimum Gasteiger partial charge on any atom is -0.480 e. The van der Waals surface area contributed by atoms with Crippen LogP contribution in [0.2, 0.25) is 0 Å². The second-order valence-electron chi connectivity index (χ2n) is 10.6. The molecule has 3 rings (SSSR count). The van der Waals surface area contributed by atoms with Crippen LogP contribution in [0.4, 0.5) is 5.82 Å². The summed E-state index contributed by atoms with van der Waals surface area (Å²) in [5.74, 6) is -1.23. The van der Waals surface area contributed by atoms with Gasteiger partial charge < -0.3 is 14.7 Å². The number of carbonyl (C=O) groups excluding carboxylic acids is 1. The topological polar surface area (TPSA) is 126 Å². The predicted molar refractivity (Wildman–Crippen MR) is 166 cm³/mol. The number of anilines is 1. The monoisotopic (exact) mass is 615 g/mol. The van der Waals surface area contributed by atoms with Crippen molar-refractivity contribution in [1.29, 1.82) is 0 Å². The summed E-state index contributed by atoms with van der Waals surface area (Å²) in [6, 6.07) is 11.3.